The Bertz CT molecular complexity index is 1010. The van der Waals surface area contributed by atoms with Crippen molar-refractivity contribution in [1.29, 1.82) is 0 Å². The molecule has 1 aromatic heterocycles. The van der Waals surface area contributed by atoms with Gasteiger partial charge in [-0.15, -0.1) is 11.3 Å². The Balaban J connectivity index is 1.71. The zero-order valence-corrected chi connectivity index (χ0v) is 17.3. The fourth-order valence-electron chi connectivity index (χ4n) is 3.17. The Labute approximate surface area is 167 Å². The molecule has 8 nitrogen and oxygen atoms in total. The Kier molecular flexibility index (Phi) is 5.82. The molecule has 1 aromatic carbocycles. The van der Waals surface area contributed by atoms with Crippen molar-refractivity contribution in [1.82, 2.24) is 9.21 Å². The Morgan fingerprint density at radius 2 is 1.89 bits per heavy atom. The first kappa shape index (κ1) is 20.4. The summed E-state index contributed by atoms with van der Waals surface area (Å²) in [6.45, 7) is 4.90. The van der Waals surface area contributed by atoms with E-state index < -0.39 is 14.9 Å². The number of sulfonamides is 1. The lowest BCUT2D eigenvalue weighted by Crippen LogP contribution is -2.50. The molecule has 0 N–H and O–H groups in total. The lowest BCUT2D eigenvalue weighted by atomic mass is 10.2. The summed E-state index contributed by atoms with van der Waals surface area (Å²) in [7, 11) is -3.84. The number of hydrogen-bond donors (Lipinski definition) is 0. The number of rotatable bonds is 5. The van der Waals surface area contributed by atoms with Crippen molar-refractivity contribution in [3.05, 3.63) is 55.8 Å². The molecule has 0 saturated carbocycles. The molecule has 3 rings (SSSR count). The van der Waals surface area contributed by atoms with Crippen LogP contribution in [0.25, 0.3) is 0 Å². The number of nitrogens with zero attached hydrogens (tertiary/aromatic N) is 3. The van der Waals surface area contributed by atoms with E-state index in [4.69, 9.17) is 0 Å². The van der Waals surface area contributed by atoms with Crippen LogP contribution in [0.3, 0.4) is 0 Å². The molecular formula is C18H21N3O5S2. The summed E-state index contributed by atoms with van der Waals surface area (Å²) in [6.07, 6.45) is 0.874. The normalized spacial score (nSPS) is 15.6. The summed E-state index contributed by atoms with van der Waals surface area (Å²) >= 11 is 1.48. The molecule has 1 saturated heterocycles. The first-order valence-corrected chi connectivity index (χ1v) is 11.1. The molecule has 0 spiro atoms. The van der Waals surface area contributed by atoms with E-state index in [2.05, 4.69) is 0 Å². The van der Waals surface area contributed by atoms with Gasteiger partial charge in [0.05, 0.1) is 14.7 Å². The fourth-order valence-corrected chi connectivity index (χ4v) is 5.71. The monoisotopic (exact) mass is 423 g/mol. The van der Waals surface area contributed by atoms with Gasteiger partial charge in [0.1, 0.15) is 0 Å². The molecule has 2 aromatic rings. The van der Waals surface area contributed by atoms with E-state index in [1.807, 2.05) is 19.9 Å². The molecular weight excluding hydrogens is 402 g/mol. The van der Waals surface area contributed by atoms with Crippen LogP contribution >= 0.6 is 11.3 Å². The third-order valence-electron chi connectivity index (χ3n) is 4.74. The molecule has 0 atom stereocenters. The van der Waals surface area contributed by atoms with Gasteiger partial charge in [-0.25, -0.2) is 8.42 Å². The quantitative estimate of drug-likeness (QED) is 0.544. The maximum atomic E-state index is 12.8. The second-order valence-electron chi connectivity index (χ2n) is 6.52. The number of nitro groups is 1. The van der Waals surface area contributed by atoms with E-state index in [0.717, 1.165) is 18.1 Å². The predicted octanol–water partition coefficient (Wildman–Crippen LogP) is 2.67. The summed E-state index contributed by atoms with van der Waals surface area (Å²) in [5, 5.41) is 10.9. The van der Waals surface area contributed by atoms with Gasteiger partial charge in [-0.1, -0.05) is 13.0 Å². The highest BCUT2D eigenvalue weighted by Crippen LogP contribution is 2.25. The maximum Gasteiger partial charge on any atom is 0.270 e. The molecule has 1 fully saturated rings. The van der Waals surface area contributed by atoms with E-state index in [0.29, 0.717) is 4.88 Å². The first-order valence-electron chi connectivity index (χ1n) is 8.87. The van der Waals surface area contributed by atoms with Crippen molar-refractivity contribution < 1.29 is 18.1 Å². The van der Waals surface area contributed by atoms with Crippen molar-refractivity contribution in [2.45, 2.75) is 25.2 Å². The van der Waals surface area contributed by atoms with Gasteiger partial charge < -0.3 is 4.90 Å². The summed E-state index contributed by atoms with van der Waals surface area (Å²) < 4.78 is 26.9. The summed E-state index contributed by atoms with van der Waals surface area (Å²) in [4.78, 5) is 26.4. The molecule has 1 aliphatic heterocycles. The Morgan fingerprint density at radius 1 is 1.21 bits per heavy atom. The van der Waals surface area contributed by atoms with Crippen molar-refractivity contribution in [2.75, 3.05) is 26.2 Å². The first-order chi connectivity index (χ1) is 13.2. The largest absolute Gasteiger partial charge is 0.335 e. The average molecular weight is 424 g/mol. The molecule has 2 heterocycles. The molecule has 0 unspecified atom stereocenters. The van der Waals surface area contributed by atoms with Crippen molar-refractivity contribution >= 4 is 33.0 Å². The van der Waals surface area contributed by atoms with Crippen LogP contribution in [0.1, 0.15) is 27.0 Å². The van der Waals surface area contributed by atoms with Gasteiger partial charge in [0.2, 0.25) is 10.0 Å². The highest BCUT2D eigenvalue weighted by Gasteiger charge is 2.31. The number of nitro benzene ring substituents is 1. The highest BCUT2D eigenvalue weighted by molar-refractivity contribution is 7.89. The molecule has 1 amide bonds. The van der Waals surface area contributed by atoms with E-state index in [1.165, 1.54) is 38.7 Å². The van der Waals surface area contributed by atoms with Crippen molar-refractivity contribution in [3.63, 3.8) is 0 Å². The highest BCUT2D eigenvalue weighted by atomic mass is 32.2. The van der Waals surface area contributed by atoms with Gasteiger partial charge in [0.25, 0.3) is 11.6 Å². The fraction of sp³-hybridized carbons (Fsp3) is 0.389. The van der Waals surface area contributed by atoms with Gasteiger partial charge in [-0.05, 0) is 31.0 Å². The Morgan fingerprint density at radius 3 is 2.46 bits per heavy atom. The molecule has 1 aliphatic rings. The number of amides is 1. The zero-order valence-electron chi connectivity index (χ0n) is 15.6. The lowest BCUT2D eigenvalue weighted by molar-refractivity contribution is -0.385. The number of carbonyl (C=O) groups is 1. The molecule has 28 heavy (non-hydrogen) atoms. The van der Waals surface area contributed by atoms with Crippen LogP contribution in [-0.2, 0) is 16.4 Å². The SMILES string of the molecule is CCc1sc(C(=O)N2CCN(S(=O)(=O)c3cccc([N+](=O)[O-])c3)CC2)cc1C. The third-order valence-corrected chi connectivity index (χ3v) is 8.01. The van der Waals surface area contributed by atoms with E-state index >= 15 is 0 Å². The predicted molar refractivity (Wildman–Crippen MR) is 106 cm³/mol. The van der Waals surface area contributed by atoms with Crippen LogP contribution in [0.2, 0.25) is 0 Å². The van der Waals surface area contributed by atoms with Crippen LogP contribution in [-0.4, -0.2) is 54.6 Å². The molecule has 150 valence electrons. The minimum absolute atomic E-state index is 0.0832. The van der Waals surface area contributed by atoms with E-state index in [1.54, 1.807) is 4.90 Å². The minimum Gasteiger partial charge on any atom is -0.335 e. The number of non-ortho nitro benzene ring substituents is 1. The van der Waals surface area contributed by atoms with Crippen LogP contribution in [0.5, 0.6) is 0 Å². The van der Waals surface area contributed by atoms with Gasteiger partial charge in [-0.2, -0.15) is 4.31 Å². The molecule has 10 heteroatoms. The van der Waals surface area contributed by atoms with Gasteiger partial charge in [0, 0.05) is 43.2 Å². The minimum atomic E-state index is -3.84. The zero-order chi connectivity index (χ0) is 20.5. The van der Waals surface area contributed by atoms with Gasteiger partial charge in [-0.3, -0.25) is 14.9 Å². The van der Waals surface area contributed by atoms with Crippen LogP contribution in [0, 0.1) is 17.0 Å². The number of thiophene rings is 1. The molecule has 0 bridgehead atoms. The summed E-state index contributed by atoms with van der Waals surface area (Å²) in [6, 6.07) is 6.91. The smallest absolute Gasteiger partial charge is 0.270 e. The molecule has 0 radical (unpaired) electrons. The van der Waals surface area contributed by atoms with Crippen LogP contribution < -0.4 is 0 Å². The lowest BCUT2D eigenvalue weighted by Gasteiger charge is -2.33. The molecule has 0 aliphatic carbocycles. The standard InChI is InChI=1S/C18H21N3O5S2/c1-3-16-13(2)11-17(27-16)18(22)19-7-9-20(10-8-19)28(25,26)15-6-4-5-14(12-15)21(23)24/h4-6,11-12H,3,7-10H2,1-2H3. The summed E-state index contributed by atoms with van der Waals surface area (Å²) in [5.74, 6) is -0.0832. The topological polar surface area (TPSA) is 101 Å². The van der Waals surface area contributed by atoms with E-state index in [-0.39, 0.29) is 42.7 Å². The second kappa shape index (κ2) is 7.98. The third kappa shape index (κ3) is 3.94. The van der Waals surface area contributed by atoms with Crippen LogP contribution in [0.15, 0.2) is 35.2 Å². The average Bonchev–Trinajstić information content (AvgIpc) is 3.08. The Hall–Kier alpha value is -2.30. The van der Waals surface area contributed by atoms with Crippen molar-refractivity contribution in [2.24, 2.45) is 0 Å². The van der Waals surface area contributed by atoms with Gasteiger partial charge in [0.15, 0.2) is 0 Å². The van der Waals surface area contributed by atoms with Crippen molar-refractivity contribution in [3.8, 4) is 0 Å². The number of piperazine rings is 1. The van der Waals surface area contributed by atoms with Gasteiger partial charge >= 0.3 is 0 Å². The number of carbonyl (C=O) groups excluding carboxylic acids is 1. The maximum absolute atomic E-state index is 12.8. The number of aryl methyl sites for hydroxylation is 2. The second-order valence-corrected chi connectivity index (χ2v) is 9.60. The van der Waals surface area contributed by atoms with Crippen LogP contribution in [0.4, 0.5) is 5.69 Å². The number of benzene rings is 1. The van der Waals surface area contributed by atoms with E-state index in [9.17, 15) is 23.3 Å². The summed E-state index contributed by atoms with van der Waals surface area (Å²) in [5.41, 5.74) is 0.831. The number of hydrogen-bond acceptors (Lipinski definition) is 6.